The highest BCUT2D eigenvalue weighted by Crippen LogP contribution is 2.37. The average Bonchev–Trinajstić information content (AvgIpc) is 3.00. The molecule has 206 valence electrons. The number of allylic oxidation sites excluding steroid dienone is 1. The number of amides is 3. The van der Waals surface area contributed by atoms with Crippen LogP contribution >= 0.6 is 0 Å². The third-order valence-corrected chi connectivity index (χ3v) is 7.73. The molecule has 2 aliphatic heterocycles. The number of nitrogens with one attached hydrogen (secondary N) is 2. The lowest BCUT2D eigenvalue weighted by Crippen LogP contribution is -2.54. The number of para-hydroxylation sites is 1. The van der Waals surface area contributed by atoms with Crippen LogP contribution in [-0.4, -0.2) is 59.9 Å². The van der Waals surface area contributed by atoms with Crippen LogP contribution in [0.15, 0.2) is 91.3 Å². The van der Waals surface area contributed by atoms with Gasteiger partial charge < -0.3 is 20.3 Å². The standard InChI is InChI=1S/C32H34N4O4/c37-29-27-10-4-5-11-28(27)40-21-7-6-14-32(15-19-36(20-16-32)30(38)25-12-17-33-18-13-25)31(39)35-26(23-34-29)22-24-8-2-1-3-9-24/h1-13,17-18,26H,14-16,19-23H2,(H,34,37)(H,35,39)/b7-6+/t26-/m1/s1. The molecule has 3 amide bonds. The SMILES string of the molecule is O=C1NC[C@@H](Cc2ccccc2)NC(=O)C2(C/C=C/COc3ccccc31)CCN(C(=O)c1ccncc1)CC2. The zero-order valence-electron chi connectivity index (χ0n) is 22.4. The van der Waals surface area contributed by atoms with Crippen LogP contribution in [0.2, 0.25) is 0 Å². The Morgan fingerprint density at radius 1 is 0.950 bits per heavy atom. The number of hydrogen-bond acceptors (Lipinski definition) is 5. The van der Waals surface area contributed by atoms with E-state index in [1.165, 1.54) is 0 Å². The van der Waals surface area contributed by atoms with E-state index in [4.69, 9.17) is 4.74 Å². The highest BCUT2D eigenvalue weighted by molar-refractivity contribution is 5.97. The Labute approximate surface area is 234 Å². The third kappa shape index (κ3) is 6.39. The van der Waals surface area contributed by atoms with Crippen molar-refractivity contribution in [1.29, 1.82) is 0 Å². The van der Waals surface area contributed by atoms with Gasteiger partial charge in [-0.3, -0.25) is 19.4 Å². The number of carbonyl (C=O) groups excluding carboxylic acids is 3. The first-order chi connectivity index (χ1) is 19.5. The zero-order valence-corrected chi connectivity index (χ0v) is 22.4. The van der Waals surface area contributed by atoms with Gasteiger partial charge in [0.25, 0.3) is 11.8 Å². The van der Waals surface area contributed by atoms with Crippen LogP contribution in [-0.2, 0) is 11.2 Å². The topological polar surface area (TPSA) is 101 Å². The highest BCUT2D eigenvalue weighted by Gasteiger charge is 2.42. The summed E-state index contributed by atoms with van der Waals surface area (Å²) < 4.78 is 5.92. The number of piperidine rings is 1. The lowest BCUT2D eigenvalue weighted by atomic mass is 9.74. The van der Waals surface area contributed by atoms with Gasteiger partial charge in [0.05, 0.1) is 17.0 Å². The average molecular weight is 539 g/mol. The molecule has 1 atom stereocenters. The molecule has 3 heterocycles. The van der Waals surface area contributed by atoms with Crippen LogP contribution < -0.4 is 15.4 Å². The van der Waals surface area contributed by atoms with E-state index < -0.39 is 5.41 Å². The number of nitrogens with zero attached hydrogens (tertiary/aromatic N) is 2. The van der Waals surface area contributed by atoms with E-state index >= 15 is 0 Å². The van der Waals surface area contributed by atoms with Crippen molar-refractivity contribution >= 4 is 17.7 Å². The predicted molar refractivity (Wildman–Crippen MR) is 152 cm³/mol. The van der Waals surface area contributed by atoms with Gasteiger partial charge in [0.2, 0.25) is 5.91 Å². The summed E-state index contributed by atoms with van der Waals surface area (Å²) in [6.45, 7) is 1.51. The summed E-state index contributed by atoms with van der Waals surface area (Å²) in [5.41, 5.74) is 1.45. The van der Waals surface area contributed by atoms with Crippen molar-refractivity contribution in [3.05, 3.63) is 108 Å². The van der Waals surface area contributed by atoms with E-state index in [0.717, 1.165) is 5.56 Å². The molecular formula is C32H34N4O4. The van der Waals surface area contributed by atoms with Gasteiger partial charge in [0, 0.05) is 37.6 Å². The maximum Gasteiger partial charge on any atom is 0.255 e. The number of carbonyl (C=O) groups is 3. The van der Waals surface area contributed by atoms with E-state index in [1.807, 2.05) is 53.5 Å². The third-order valence-electron chi connectivity index (χ3n) is 7.73. The molecule has 8 heteroatoms. The summed E-state index contributed by atoms with van der Waals surface area (Å²) in [6.07, 6.45) is 9.28. The lowest BCUT2D eigenvalue weighted by Gasteiger charge is -2.41. The fourth-order valence-electron chi connectivity index (χ4n) is 5.36. The van der Waals surface area contributed by atoms with E-state index in [9.17, 15) is 14.4 Å². The molecule has 0 unspecified atom stereocenters. The largest absolute Gasteiger partial charge is 0.489 e. The fraction of sp³-hybridized carbons (Fsp3) is 0.312. The second-order valence-electron chi connectivity index (χ2n) is 10.4. The highest BCUT2D eigenvalue weighted by atomic mass is 16.5. The lowest BCUT2D eigenvalue weighted by molar-refractivity contribution is -0.134. The van der Waals surface area contributed by atoms with Crippen LogP contribution in [0.25, 0.3) is 0 Å². The van der Waals surface area contributed by atoms with Gasteiger partial charge in [-0.05, 0) is 55.5 Å². The number of likely N-dealkylation sites (tertiary alicyclic amines) is 1. The summed E-state index contributed by atoms with van der Waals surface area (Å²) in [7, 11) is 0. The Morgan fingerprint density at radius 2 is 1.68 bits per heavy atom. The van der Waals surface area contributed by atoms with Crippen molar-refractivity contribution in [3.8, 4) is 5.75 Å². The minimum Gasteiger partial charge on any atom is -0.489 e. The second-order valence-corrected chi connectivity index (χ2v) is 10.4. The van der Waals surface area contributed by atoms with Crippen molar-refractivity contribution in [2.75, 3.05) is 26.2 Å². The molecule has 2 aliphatic rings. The number of aromatic nitrogens is 1. The Balaban J connectivity index is 1.38. The molecule has 1 saturated heterocycles. The van der Waals surface area contributed by atoms with Crippen LogP contribution in [0.3, 0.4) is 0 Å². The van der Waals surface area contributed by atoms with E-state index in [2.05, 4.69) is 15.6 Å². The smallest absolute Gasteiger partial charge is 0.255 e. The second kappa shape index (κ2) is 12.6. The number of hydrogen-bond donors (Lipinski definition) is 2. The Bertz CT molecular complexity index is 1350. The maximum atomic E-state index is 14.0. The molecule has 0 aliphatic carbocycles. The molecule has 0 saturated carbocycles. The molecule has 5 rings (SSSR count). The molecule has 2 N–H and O–H groups in total. The molecule has 0 radical (unpaired) electrons. The maximum absolute atomic E-state index is 14.0. The van der Waals surface area contributed by atoms with Crippen molar-refractivity contribution < 1.29 is 19.1 Å². The molecule has 1 aromatic heterocycles. The van der Waals surface area contributed by atoms with Crippen LogP contribution in [0.5, 0.6) is 5.75 Å². The summed E-state index contributed by atoms with van der Waals surface area (Å²) >= 11 is 0. The number of fused-ring (bicyclic) bond motifs is 1. The van der Waals surface area contributed by atoms with Crippen LogP contribution in [0.1, 0.15) is 45.5 Å². The number of pyridine rings is 1. The zero-order chi connectivity index (χ0) is 27.8. The van der Waals surface area contributed by atoms with Crippen LogP contribution in [0, 0.1) is 5.41 Å². The normalized spacial score (nSPS) is 20.3. The van der Waals surface area contributed by atoms with Gasteiger partial charge in [-0.1, -0.05) is 54.6 Å². The minimum absolute atomic E-state index is 0.0502. The Morgan fingerprint density at radius 3 is 2.45 bits per heavy atom. The first kappa shape index (κ1) is 27.1. The van der Waals surface area contributed by atoms with E-state index in [-0.39, 0.29) is 36.9 Å². The van der Waals surface area contributed by atoms with Gasteiger partial charge in [-0.2, -0.15) is 0 Å². The van der Waals surface area contributed by atoms with Crippen molar-refractivity contribution in [2.24, 2.45) is 5.41 Å². The van der Waals surface area contributed by atoms with Gasteiger partial charge >= 0.3 is 0 Å². The summed E-state index contributed by atoms with van der Waals surface area (Å²) in [4.78, 5) is 45.9. The molecule has 1 spiro atoms. The molecule has 0 bridgehead atoms. The van der Waals surface area contributed by atoms with E-state index in [0.29, 0.717) is 55.6 Å². The van der Waals surface area contributed by atoms with Crippen molar-refractivity contribution in [1.82, 2.24) is 20.5 Å². The number of rotatable bonds is 3. The Kier molecular flexibility index (Phi) is 8.54. The molecule has 3 aromatic rings. The minimum atomic E-state index is -0.674. The van der Waals surface area contributed by atoms with Crippen LogP contribution in [0.4, 0.5) is 0 Å². The van der Waals surface area contributed by atoms with Gasteiger partial charge in [0.15, 0.2) is 0 Å². The van der Waals surface area contributed by atoms with Crippen molar-refractivity contribution in [3.63, 3.8) is 0 Å². The summed E-state index contributed by atoms with van der Waals surface area (Å²) in [6, 6.07) is 20.2. The quantitative estimate of drug-likeness (QED) is 0.494. The monoisotopic (exact) mass is 538 g/mol. The fourth-order valence-corrected chi connectivity index (χ4v) is 5.36. The van der Waals surface area contributed by atoms with Gasteiger partial charge in [-0.25, -0.2) is 0 Å². The molecule has 2 aromatic carbocycles. The molecular weight excluding hydrogens is 504 g/mol. The van der Waals surface area contributed by atoms with Gasteiger partial charge in [-0.15, -0.1) is 0 Å². The number of benzene rings is 2. The first-order valence-corrected chi connectivity index (χ1v) is 13.7. The predicted octanol–water partition coefficient (Wildman–Crippen LogP) is 3.80. The molecule has 8 nitrogen and oxygen atoms in total. The van der Waals surface area contributed by atoms with Crippen molar-refractivity contribution in [2.45, 2.75) is 31.7 Å². The first-order valence-electron chi connectivity index (χ1n) is 13.7. The van der Waals surface area contributed by atoms with E-state index in [1.54, 1.807) is 42.7 Å². The summed E-state index contributed by atoms with van der Waals surface area (Å²) in [5, 5.41) is 6.28. The molecule has 40 heavy (non-hydrogen) atoms. The molecule has 1 fully saturated rings. The Hall–Kier alpha value is -4.46. The summed E-state index contributed by atoms with van der Waals surface area (Å²) in [5.74, 6) is 0.164. The van der Waals surface area contributed by atoms with Gasteiger partial charge in [0.1, 0.15) is 12.4 Å². The number of ether oxygens (including phenoxy) is 1.